The zero-order chi connectivity index (χ0) is 33.1. The van der Waals surface area contributed by atoms with Gasteiger partial charge in [0.1, 0.15) is 0 Å². The van der Waals surface area contributed by atoms with Crippen LogP contribution in [0.15, 0.2) is 0 Å². The molecule has 0 aromatic heterocycles. The van der Waals surface area contributed by atoms with Crippen molar-refractivity contribution in [2.75, 3.05) is 32.7 Å². The first-order valence-corrected chi connectivity index (χ1v) is 24.2. The third kappa shape index (κ3) is 4.89. The van der Waals surface area contributed by atoms with Crippen LogP contribution in [0.2, 0.25) is 0 Å². The summed E-state index contributed by atoms with van der Waals surface area (Å²) in [5.41, 5.74) is 0. The van der Waals surface area contributed by atoms with Crippen molar-refractivity contribution in [3.63, 3.8) is 0 Å². The highest BCUT2D eigenvalue weighted by atomic mass is 15.2. The van der Waals surface area contributed by atoms with Crippen LogP contribution in [0.3, 0.4) is 0 Å². The maximum Gasteiger partial charge on any atom is 0.0129 e. The van der Waals surface area contributed by atoms with Gasteiger partial charge in [0.05, 0.1) is 0 Å². The minimum atomic E-state index is 0.949. The van der Waals surface area contributed by atoms with Crippen LogP contribution in [0, 0.1) is 112 Å². The fourth-order valence-electron chi connectivity index (χ4n) is 20.2. The standard InChI is InChI=1S/C48H78N2/c1-3-49-25-23-32-31(28-49)26-38-43-34(32)18-11-20-36(43)45-42(30-16-9-6-10-17-30)48-39-27-40-33(22-13-24-50(40)4-2)35-19-12-21-37(44(35)39)46(48)41(47(38)45)29-14-7-5-8-15-29/h29-48H,3-28H2,1-2H3. The van der Waals surface area contributed by atoms with E-state index in [0.29, 0.717) is 0 Å². The highest BCUT2D eigenvalue weighted by molar-refractivity contribution is 5.20. The molecule has 11 fully saturated rings. The Labute approximate surface area is 308 Å². The Morgan fingerprint density at radius 1 is 0.360 bits per heavy atom. The maximum atomic E-state index is 3.07. The Morgan fingerprint density at radius 3 is 1.50 bits per heavy atom. The van der Waals surface area contributed by atoms with Gasteiger partial charge in [-0.15, -0.1) is 0 Å². The summed E-state index contributed by atoms with van der Waals surface area (Å²) in [6.45, 7) is 11.9. The van der Waals surface area contributed by atoms with Gasteiger partial charge in [0.2, 0.25) is 0 Å². The number of hydrogen-bond donors (Lipinski definition) is 0. The minimum absolute atomic E-state index is 0.949. The van der Waals surface area contributed by atoms with Crippen LogP contribution in [0.25, 0.3) is 0 Å². The Kier molecular flexibility index (Phi) is 8.85. The lowest BCUT2D eigenvalue weighted by atomic mass is 9.47. The number of piperidine rings is 2. The first-order chi connectivity index (χ1) is 24.7. The zero-order valence-corrected chi connectivity index (χ0v) is 32.8. The number of hydrogen-bond acceptors (Lipinski definition) is 2. The third-order valence-corrected chi connectivity index (χ3v) is 21.0. The Morgan fingerprint density at radius 2 is 0.900 bits per heavy atom. The number of fused-ring (bicyclic) bond motifs is 10. The van der Waals surface area contributed by atoms with E-state index in [1.165, 1.54) is 39.1 Å². The van der Waals surface area contributed by atoms with Crippen LogP contribution in [0.4, 0.5) is 0 Å². The molecule has 0 N–H and O–H groups in total. The van der Waals surface area contributed by atoms with Crippen molar-refractivity contribution in [1.29, 1.82) is 0 Å². The number of rotatable bonds is 4. The van der Waals surface area contributed by atoms with E-state index in [4.69, 9.17) is 0 Å². The molecule has 0 radical (unpaired) electrons. The molecule has 18 atom stereocenters. The van der Waals surface area contributed by atoms with Crippen molar-refractivity contribution in [2.24, 2.45) is 112 Å². The van der Waals surface area contributed by atoms with Gasteiger partial charge in [0.25, 0.3) is 0 Å². The molecular weight excluding hydrogens is 605 g/mol. The molecule has 0 aromatic rings. The highest BCUT2D eigenvalue weighted by Crippen LogP contribution is 2.77. The van der Waals surface area contributed by atoms with Crippen LogP contribution >= 0.6 is 0 Å². The molecule has 18 unspecified atom stereocenters. The molecule has 2 saturated heterocycles. The number of likely N-dealkylation sites (tertiary alicyclic amines) is 2. The minimum Gasteiger partial charge on any atom is -0.303 e. The van der Waals surface area contributed by atoms with E-state index in [2.05, 4.69) is 23.6 Å². The lowest BCUT2D eigenvalue weighted by Crippen LogP contribution is -2.56. The SMILES string of the molecule is CCN1CCC2C(CC3C4C2CCCC4C2C(C4CCCCC4)C4C5CC6C(CCCN6CC)C6CCCC(C65)C4C(C4CCCCC4)C32)C1. The molecule has 280 valence electrons. The molecule has 50 heavy (non-hydrogen) atoms. The largest absolute Gasteiger partial charge is 0.303 e. The molecule has 0 spiro atoms. The Balaban J connectivity index is 1.06. The molecule has 2 nitrogen and oxygen atoms in total. The summed E-state index contributed by atoms with van der Waals surface area (Å²) in [4.78, 5) is 5.97. The molecule has 11 aliphatic rings. The first-order valence-electron chi connectivity index (χ1n) is 24.2. The van der Waals surface area contributed by atoms with Crippen LogP contribution < -0.4 is 0 Å². The molecule has 11 rings (SSSR count). The monoisotopic (exact) mass is 683 g/mol. The molecule has 2 heterocycles. The molecule has 2 aliphatic heterocycles. The van der Waals surface area contributed by atoms with Crippen molar-refractivity contribution in [3.05, 3.63) is 0 Å². The van der Waals surface area contributed by atoms with Crippen LogP contribution in [0.1, 0.15) is 149 Å². The molecule has 9 saturated carbocycles. The van der Waals surface area contributed by atoms with E-state index in [1.54, 1.807) is 128 Å². The molecule has 0 bridgehead atoms. The van der Waals surface area contributed by atoms with E-state index in [0.717, 1.165) is 118 Å². The van der Waals surface area contributed by atoms with Crippen molar-refractivity contribution >= 4 is 0 Å². The molecular formula is C48H78N2. The molecule has 2 heteroatoms. The third-order valence-electron chi connectivity index (χ3n) is 21.0. The van der Waals surface area contributed by atoms with Crippen molar-refractivity contribution in [1.82, 2.24) is 9.80 Å². The molecule has 9 aliphatic carbocycles. The summed E-state index contributed by atoms with van der Waals surface area (Å²) >= 11 is 0. The molecule has 0 amide bonds. The van der Waals surface area contributed by atoms with Gasteiger partial charge in [0, 0.05) is 12.6 Å². The predicted molar refractivity (Wildman–Crippen MR) is 206 cm³/mol. The van der Waals surface area contributed by atoms with Gasteiger partial charge in [0.15, 0.2) is 0 Å². The highest BCUT2D eigenvalue weighted by Gasteiger charge is 2.72. The van der Waals surface area contributed by atoms with Gasteiger partial charge in [-0.2, -0.15) is 0 Å². The normalized spacial score (nSPS) is 55.3. The Hall–Kier alpha value is -0.0800. The van der Waals surface area contributed by atoms with Gasteiger partial charge in [-0.1, -0.05) is 90.9 Å². The summed E-state index contributed by atoms with van der Waals surface area (Å²) in [6, 6.07) is 0.949. The van der Waals surface area contributed by atoms with E-state index in [9.17, 15) is 0 Å². The van der Waals surface area contributed by atoms with Crippen molar-refractivity contribution < 1.29 is 0 Å². The fourth-order valence-corrected chi connectivity index (χ4v) is 20.2. The Bertz CT molecular complexity index is 1200. The lowest BCUT2D eigenvalue weighted by molar-refractivity contribution is -0.108. The second kappa shape index (κ2) is 13.3. The van der Waals surface area contributed by atoms with Crippen LogP contribution in [-0.2, 0) is 0 Å². The van der Waals surface area contributed by atoms with Crippen LogP contribution in [0.5, 0.6) is 0 Å². The van der Waals surface area contributed by atoms with Crippen molar-refractivity contribution in [2.45, 2.75) is 155 Å². The summed E-state index contributed by atoms with van der Waals surface area (Å²) in [7, 11) is 0. The average Bonchev–Trinajstić information content (AvgIpc) is 3.68. The second-order valence-electron chi connectivity index (χ2n) is 21.8. The van der Waals surface area contributed by atoms with E-state index in [-0.39, 0.29) is 0 Å². The average molecular weight is 683 g/mol. The number of nitrogens with zero attached hydrogens (tertiary/aromatic N) is 2. The van der Waals surface area contributed by atoms with Crippen LogP contribution in [-0.4, -0.2) is 48.6 Å². The quantitative estimate of drug-likeness (QED) is 0.291. The van der Waals surface area contributed by atoms with Gasteiger partial charge in [-0.3, -0.25) is 0 Å². The zero-order valence-electron chi connectivity index (χ0n) is 32.8. The van der Waals surface area contributed by atoms with Gasteiger partial charge >= 0.3 is 0 Å². The summed E-state index contributed by atoms with van der Waals surface area (Å²) in [5, 5.41) is 0. The first kappa shape index (κ1) is 33.3. The topological polar surface area (TPSA) is 6.48 Å². The summed E-state index contributed by atoms with van der Waals surface area (Å²) in [6.07, 6.45) is 33.7. The summed E-state index contributed by atoms with van der Waals surface area (Å²) in [5.74, 6) is 21.1. The van der Waals surface area contributed by atoms with Gasteiger partial charge in [-0.05, 0) is 196 Å². The van der Waals surface area contributed by atoms with Gasteiger partial charge in [-0.25, -0.2) is 0 Å². The fraction of sp³-hybridized carbons (Fsp3) is 1.00. The maximum absolute atomic E-state index is 3.07. The van der Waals surface area contributed by atoms with E-state index >= 15 is 0 Å². The van der Waals surface area contributed by atoms with E-state index < -0.39 is 0 Å². The lowest BCUT2D eigenvalue weighted by Gasteiger charge is -2.58. The van der Waals surface area contributed by atoms with E-state index in [1.807, 2.05) is 0 Å². The molecule has 0 aromatic carbocycles. The van der Waals surface area contributed by atoms with Crippen molar-refractivity contribution in [3.8, 4) is 0 Å². The smallest absolute Gasteiger partial charge is 0.0129 e. The predicted octanol–water partition coefficient (Wildman–Crippen LogP) is 11.0. The van der Waals surface area contributed by atoms with Gasteiger partial charge < -0.3 is 9.80 Å². The second-order valence-corrected chi connectivity index (χ2v) is 21.8. The summed E-state index contributed by atoms with van der Waals surface area (Å²) < 4.78 is 0.